The number of nitriles is 1. The lowest BCUT2D eigenvalue weighted by Crippen LogP contribution is -2.28. The molecule has 0 unspecified atom stereocenters. The Morgan fingerprint density at radius 1 is 1.15 bits per heavy atom. The zero-order valence-electron chi connectivity index (χ0n) is 20.3. The lowest BCUT2D eigenvalue weighted by molar-refractivity contribution is 0.475. The third-order valence-electron chi connectivity index (χ3n) is 5.92. The number of aryl methyl sites for hydroxylation is 2. The minimum Gasteiger partial charge on any atom is -0.508 e. The van der Waals surface area contributed by atoms with Crippen LogP contribution in [0.1, 0.15) is 61.8 Å². The van der Waals surface area contributed by atoms with E-state index in [1.54, 1.807) is 28.8 Å². The highest BCUT2D eigenvalue weighted by molar-refractivity contribution is 5.82. The quantitative estimate of drug-likeness (QED) is 0.332. The maximum atomic E-state index is 13.7. The maximum absolute atomic E-state index is 13.7. The van der Waals surface area contributed by atoms with Crippen LogP contribution in [0.25, 0.3) is 11.3 Å². The highest BCUT2D eigenvalue weighted by Gasteiger charge is 2.17. The standard InChI is InChI=1S/C29H31N3O2/c1-5-8-12-28-27(29(34)32(20(4)31-28)24-10-9-11-25(33)18-24)17-21-13-15-23(16-14-21)26(7-3)22(6-2)19-30/h6-7,9-11,13-16,18,33H,5,8,12,17H2,1-4H3/b22-6-,26-7+. The summed E-state index contributed by atoms with van der Waals surface area (Å²) in [6, 6.07) is 16.9. The molecule has 0 saturated carbocycles. The zero-order valence-corrected chi connectivity index (χ0v) is 20.3. The first-order chi connectivity index (χ1) is 16.4. The number of nitrogens with zero attached hydrogens (tertiary/aromatic N) is 3. The molecule has 5 heteroatoms. The second-order valence-corrected chi connectivity index (χ2v) is 8.24. The summed E-state index contributed by atoms with van der Waals surface area (Å²) in [5.74, 6) is 0.711. The number of unbranched alkanes of at least 4 members (excludes halogenated alkanes) is 1. The molecule has 0 bridgehead atoms. The number of aromatic hydroxyl groups is 1. The van der Waals surface area contributed by atoms with Gasteiger partial charge in [0.1, 0.15) is 11.6 Å². The average Bonchev–Trinajstić information content (AvgIpc) is 2.83. The van der Waals surface area contributed by atoms with E-state index in [1.165, 1.54) is 0 Å². The summed E-state index contributed by atoms with van der Waals surface area (Å²) in [5, 5.41) is 19.3. The van der Waals surface area contributed by atoms with Gasteiger partial charge < -0.3 is 5.11 Å². The lowest BCUT2D eigenvalue weighted by atomic mass is 9.95. The smallest absolute Gasteiger partial charge is 0.261 e. The van der Waals surface area contributed by atoms with Crippen LogP contribution in [0.15, 0.2) is 71.1 Å². The van der Waals surface area contributed by atoms with Gasteiger partial charge in [-0.05, 0) is 62.4 Å². The first-order valence-corrected chi connectivity index (χ1v) is 11.7. The number of allylic oxidation sites excluding steroid dienone is 4. The molecule has 1 aromatic heterocycles. The van der Waals surface area contributed by atoms with E-state index in [4.69, 9.17) is 4.98 Å². The predicted molar refractivity (Wildman–Crippen MR) is 137 cm³/mol. The second-order valence-electron chi connectivity index (χ2n) is 8.24. The predicted octanol–water partition coefficient (Wildman–Crippen LogP) is 6.05. The molecule has 5 nitrogen and oxygen atoms in total. The monoisotopic (exact) mass is 453 g/mol. The van der Waals surface area contributed by atoms with Crippen molar-refractivity contribution in [3.8, 4) is 17.5 Å². The minimum atomic E-state index is -0.108. The fourth-order valence-corrected chi connectivity index (χ4v) is 4.15. The van der Waals surface area contributed by atoms with Crippen LogP contribution in [0.2, 0.25) is 0 Å². The van der Waals surface area contributed by atoms with Gasteiger partial charge in [0.15, 0.2) is 0 Å². The number of phenols is 1. The fourth-order valence-electron chi connectivity index (χ4n) is 4.15. The molecule has 0 atom stereocenters. The summed E-state index contributed by atoms with van der Waals surface area (Å²) in [7, 11) is 0. The van der Waals surface area contributed by atoms with Crippen molar-refractivity contribution in [3.05, 3.63) is 105 Å². The van der Waals surface area contributed by atoms with E-state index in [0.717, 1.165) is 41.7 Å². The highest BCUT2D eigenvalue weighted by Crippen LogP contribution is 2.24. The molecule has 0 aliphatic carbocycles. The molecule has 3 rings (SSSR count). The van der Waals surface area contributed by atoms with Crippen molar-refractivity contribution in [2.45, 2.75) is 53.4 Å². The maximum Gasteiger partial charge on any atom is 0.261 e. The van der Waals surface area contributed by atoms with Crippen LogP contribution in [-0.2, 0) is 12.8 Å². The molecule has 0 aliphatic heterocycles. The first-order valence-electron chi connectivity index (χ1n) is 11.7. The molecule has 174 valence electrons. The van der Waals surface area contributed by atoms with E-state index < -0.39 is 0 Å². The topological polar surface area (TPSA) is 78.9 Å². The molecule has 2 aromatic carbocycles. The van der Waals surface area contributed by atoms with Gasteiger partial charge in [0.05, 0.1) is 23.0 Å². The Morgan fingerprint density at radius 2 is 1.88 bits per heavy atom. The Kier molecular flexibility index (Phi) is 8.21. The Balaban J connectivity index is 2.05. The third kappa shape index (κ3) is 5.35. The third-order valence-corrected chi connectivity index (χ3v) is 5.92. The summed E-state index contributed by atoms with van der Waals surface area (Å²) in [6.07, 6.45) is 6.93. The minimum absolute atomic E-state index is 0.105. The van der Waals surface area contributed by atoms with Crippen LogP contribution in [0, 0.1) is 18.3 Å². The Bertz CT molecular complexity index is 1320. The van der Waals surface area contributed by atoms with Gasteiger partial charge in [-0.25, -0.2) is 4.98 Å². The van der Waals surface area contributed by atoms with E-state index in [0.29, 0.717) is 29.1 Å². The SMILES string of the molecule is C/C=C(\C(C#N)=C/C)c1ccc(Cc2c(CCCC)nc(C)n(-c3cccc(O)c3)c2=O)cc1. The average molecular weight is 454 g/mol. The molecule has 0 saturated heterocycles. The van der Waals surface area contributed by atoms with Gasteiger partial charge in [0.25, 0.3) is 5.56 Å². The summed E-state index contributed by atoms with van der Waals surface area (Å²) >= 11 is 0. The molecular formula is C29H31N3O2. The van der Waals surface area contributed by atoms with E-state index in [1.807, 2.05) is 57.2 Å². The number of rotatable bonds is 8. The van der Waals surface area contributed by atoms with E-state index >= 15 is 0 Å². The van der Waals surface area contributed by atoms with Crippen LogP contribution < -0.4 is 5.56 Å². The molecule has 0 radical (unpaired) electrons. The highest BCUT2D eigenvalue weighted by atomic mass is 16.3. The van der Waals surface area contributed by atoms with Crippen molar-refractivity contribution in [2.75, 3.05) is 0 Å². The van der Waals surface area contributed by atoms with Crippen molar-refractivity contribution >= 4 is 5.57 Å². The number of benzene rings is 2. The summed E-state index contributed by atoms with van der Waals surface area (Å²) in [5.41, 5.74) is 5.49. The Morgan fingerprint density at radius 3 is 2.47 bits per heavy atom. The Hall–Kier alpha value is -3.91. The molecule has 0 fully saturated rings. The van der Waals surface area contributed by atoms with E-state index in [-0.39, 0.29) is 11.3 Å². The molecule has 1 heterocycles. The van der Waals surface area contributed by atoms with E-state index in [2.05, 4.69) is 13.0 Å². The van der Waals surface area contributed by atoms with Crippen molar-refractivity contribution in [3.63, 3.8) is 0 Å². The Labute approximate surface area is 201 Å². The van der Waals surface area contributed by atoms with Crippen molar-refractivity contribution in [2.24, 2.45) is 0 Å². The van der Waals surface area contributed by atoms with Crippen molar-refractivity contribution in [1.29, 1.82) is 5.26 Å². The molecule has 0 amide bonds. The van der Waals surface area contributed by atoms with Crippen LogP contribution >= 0.6 is 0 Å². The summed E-state index contributed by atoms with van der Waals surface area (Å²) in [4.78, 5) is 18.5. The molecule has 0 aliphatic rings. The molecule has 3 aromatic rings. The number of phenolic OH excluding ortho intramolecular Hbond substituents is 1. The molecule has 34 heavy (non-hydrogen) atoms. The van der Waals surface area contributed by atoms with Gasteiger partial charge in [-0.1, -0.05) is 55.8 Å². The number of hydrogen-bond acceptors (Lipinski definition) is 4. The second kappa shape index (κ2) is 11.3. The summed E-state index contributed by atoms with van der Waals surface area (Å²) in [6.45, 7) is 7.73. The van der Waals surface area contributed by atoms with Gasteiger partial charge >= 0.3 is 0 Å². The fraction of sp³-hybridized carbons (Fsp3) is 0.276. The van der Waals surface area contributed by atoms with Crippen LogP contribution in [0.5, 0.6) is 5.75 Å². The van der Waals surface area contributed by atoms with Gasteiger partial charge in [0, 0.05) is 18.1 Å². The molecule has 0 spiro atoms. The molecular weight excluding hydrogens is 422 g/mol. The number of aromatic nitrogens is 2. The van der Waals surface area contributed by atoms with E-state index in [9.17, 15) is 15.2 Å². The van der Waals surface area contributed by atoms with Crippen LogP contribution in [0.4, 0.5) is 0 Å². The van der Waals surface area contributed by atoms with Gasteiger partial charge in [0.2, 0.25) is 0 Å². The summed E-state index contributed by atoms with van der Waals surface area (Å²) < 4.78 is 1.57. The lowest BCUT2D eigenvalue weighted by Gasteiger charge is -2.16. The van der Waals surface area contributed by atoms with Crippen molar-refractivity contribution < 1.29 is 5.11 Å². The van der Waals surface area contributed by atoms with Crippen molar-refractivity contribution in [1.82, 2.24) is 9.55 Å². The zero-order chi connectivity index (χ0) is 24.7. The molecule has 1 N–H and O–H groups in total. The normalized spacial score (nSPS) is 12.0. The van der Waals surface area contributed by atoms with Crippen LogP contribution in [0.3, 0.4) is 0 Å². The van der Waals surface area contributed by atoms with Gasteiger partial charge in [-0.3, -0.25) is 9.36 Å². The van der Waals surface area contributed by atoms with Crippen LogP contribution in [-0.4, -0.2) is 14.7 Å². The van der Waals surface area contributed by atoms with Gasteiger partial charge in [-0.2, -0.15) is 5.26 Å². The first kappa shape index (κ1) is 24.7. The van der Waals surface area contributed by atoms with Gasteiger partial charge in [-0.15, -0.1) is 0 Å². The number of hydrogen-bond donors (Lipinski definition) is 1. The largest absolute Gasteiger partial charge is 0.508 e.